The van der Waals surface area contributed by atoms with Gasteiger partial charge < -0.3 is 4.90 Å². The molecule has 0 atom stereocenters. The quantitative estimate of drug-likeness (QED) is 0.246. The maximum absolute atomic E-state index is 11.9. The van der Waals surface area contributed by atoms with Crippen molar-refractivity contribution in [2.24, 2.45) is 0 Å². The predicted octanol–water partition coefficient (Wildman–Crippen LogP) is 6.42. The molecule has 0 radical (unpaired) electrons. The number of anilines is 1. The molecule has 2 heterocycles. The van der Waals surface area contributed by atoms with Crippen molar-refractivity contribution in [2.75, 3.05) is 25.3 Å². The molecule has 36 heavy (non-hydrogen) atoms. The van der Waals surface area contributed by atoms with Crippen LogP contribution in [0.2, 0.25) is 0 Å². The van der Waals surface area contributed by atoms with Gasteiger partial charge in [-0.15, -0.1) is 11.3 Å². The average molecular weight is 512 g/mol. The van der Waals surface area contributed by atoms with Crippen LogP contribution in [0.1, 0.15) is 16.1 Å². The lowest BCUT2D eigenvalue weighted by Gasteiger charge is -2.16. The predicted molar refractivity (Wildman–Crippen MR) is 150 cm³/mol. The first kappa shape index (κ1) is 23.9. The first-order valence-electron chi connectivity index (χ1n) is 11.4. The minimum absolute atomic E-state index is 0.298. The summed E-state index contributed by atoms with van der Waals surface area (Å²) in [6.45, 7) is 0. The van der Waals surface area contributed by atoms with Crippen LogP contribution in [-0.2, 0) is 9.84 Å². The van der Waals surface area contributed by atoms with Gasteiger partial charge in [0.1, 0.15) is 5.01 Å². The molecule has 3 aromatic carbocycles. The highest BCUT2D eigenvalue weighted by atomic mass is 32.2. The topological polar surface area (TPSA) is 63.2 Å². The van der Waals surface area contributed by atoms with Gasteiger partial charge in [-0.3, -0.25) is 4.98 Å². The molecule has 0 saturated carbocycles. The third-order valence-electron chi connectivity index (χ3n) is 5.97. The Hall–Kier alpha value is -3.81. The number of rotatable bonds is 6. The largest absolute Gasteiger partial charge is 0.378 e. The number of benzene rings is 3. The lowest BCUT2D eigenvalue weighted by molar-refractivity contribution is 0.602. The Morgan fingerprint density at radius 3 is 2.42 bits per heavy atom. The van der Waals surface area contributed by atoms with Crippen molar-refractivity contribution < 1.29 is 8.42 Å². The summed E-state index contributed by atoms with van der Waals surface area (Å²) in [6, 6.07) is 23.7. The van der Waals surface area contributed by atoms with Gasteiger partial charge in [-0.05, 0) is 59.2 Å². The lowest BCUT2D eigenvalue weighted by atomic mass is 9.97. The molecule has 0 saturated heterocycles. The van der Waals surface area contributed by atoms with Crippen LogP contribution in [0.4, 0.5) is 5.69 Å². The molecule has 0 aliphatic heterocycles. The van der Waals surface area contributed by atoms with Crippen LogP contribution in [0.5, 0.6) is 0 Å². The summed E-state index contributed by atoms with van der Waals surface area (Å²) in [4.78, 5) is 11.6. The Kier molecular flexibility index (Phi) is 6.43. The number of hydrogen-bond acceptors (Lipinski definition) is 6. The highest BCUT2D eigenvalue weighted by Gasteiger charge is 2.13. The standard InChI is InChI=1S/C29H25N3O2S2/c1-32(2)24-18-23-8-5-13-30-28(23)26(19-24)22-7-4-6-20(16-22)17-27(29-31-14-15-35-29)21-9-11-25(12-10-21)36(3,33)34/h4-19H,1-3H3/b27-17-. The molecule has 5 nitrogen and oxygen atoms in total. The highest BCUT2D eigenvalue weighted by Crippen LogP contribution is 2.34. The van der Waals surface area contributed by atoms with E-state index in [1.54, 1.807) is 29.7 Å². The monoisotopic (exact) mass is 511 g/mol. The van der Waals surface area contributed by atoms with Crippen LogP contribution < -0.4 is 4.90 Å². The van der Waals surface area contributed by atoms with Crippen molar-refractivity contribution in [1.82, 2.24) is 9.97 Å². The van der Waals surface area contributed by atoms with E-state index in [0.717, 1.165) is 49.4 Å². The molecule has 7 heteroatoms. The molecule has 0 fully saturated rings. The van der Waals surface area contributed by atoms with Crippen LogP contribution >= 0.6 is 11.3 Å². The molecule has 0 N–H and O–H groups in total. The number of hydrogen-bond donors (Lipinski definition) is 0. The van der Waals surface area contributed by atoms with E-state index in [1.165, 1.54) is 6.26 Å². The van der Waals surface area contributed by atoms with Gasteiger partial charge in [0.2, 0.25) is 0 Å². The van der Waals surface area contributed by atoms with Crippen molar-refractivity contribution in [3.05, 3.63) is 107 Å². The third-order valence-corrected chi connectivity index (χ3v) is 7.91. The Morgan fingerprint density at radius 1 is 0.917 bits per heavy atom. The summed E-state index contributed by atoms with van der Waals surface area (Å²) in [5.41, 5.74) is 7.07. The lowest BCUT2D eigenvalue weighted by Crippen LogP contribution is -2.08. The fraction of sp³-hybridized carbons (Fsp3) is 0.103. The van der Waals surface area contributed by atoms with Crippen LogP contribution in [0.15, 0.2) is 95.5 Å². The van der Waals surface area contributed by atoms with Crippen molar-refractivity contribution in [1.29, 1.82) is 0 Å². The Labute approximate surface area is 215 Å². The molecule has 5 rings (SSSR count). The van der Waals surface area contributed by atoms with E-state index >= 15 is 0 Å². The molecule has 180 valence electrons. The average Bonchev–Trinajstić information content (AvgIpc) is 3.41. The van der Waals surface area contributed by atoms with Crippen LogP contribution in [-0.4, -0.2) is 38.7 Å². The first-order chi connectivity index (χ1) is 17.3. The number of fused-ring (bicyclic) bond motifs is 1. The van der Waals surface area contributed by atoms with Crippen LogP contribution in [0, 0.1) is 0 Å². The number of sulfone groups is 1. The van der Waals surface area contributed by atoms with Crippen molar-refractivity contribution in [3.63, 3.8) is 0 Å². The number of thiazole rings is 1. The fourth-order valence-corrected chi connectivity index (χ4v) is 5.43. The minimum Gasteiger partial charge on any atom is -0.378 e. The second kappa shape index (κ2) is 9.68. The fourth-order valence-electron chi connectivity index (χ4n) is 4.12. The zero-order valence-electron chi connectivity index (χ0n) is 20.2. The maximum Gasteiger partial charge on any atom is 0.175 e. The van der Waals surface area contributed by atoms with Gasteiger partial charge in [0.25, 0.3) is 0 Å². The smallest absolute Gasteiger partial charge is 0.175 e. The normalized spacial score (nSPS) is 12.1. The highest BCUT2D eigenvalue weighted by molar-refractivity contribution is 7.90. The SMILES string of the molecule is CN(C)c1cc(-c2cccc(/C=C(/c3ccc(S(C)(=O)=O)cc3)c3nccs3)c2)c2ncccc2c1. The van der Waals surface area contributed by atoms with E-state index in [1.807, 2.05) is 49.9 Å². The summed E-state index contributed by atoms with van der Waals surface area (Å²) in [5.74, 6) is 0. The minimum atomic E-state index is -3.26. The zero-order chi connectivity index (χ0) is 25.3. The number of pyridine rings is 1. The van der Waals surface area contributed by atoms with E-state index < -0.39 is 9.84 Å². The van der Waals surface area contributed by atoms with Crippen LogP contribution in [0.3, 0.4) is 0 Å². The second-order valence-corrected chi connectivity index (χ2v) is 11.7. The van der Waals surface area contributed by atoms with Crippen LogP contribution in [0.25, 0.3) is 33.7 Å². The molecule has 0 amide bonds. The molecule has 0 bridgehead atoms. The molecule has 2 aromatic heterocycles. The molecular formula is C29H25N3O2S2. The molecule has 5 aromatic rings. The molecular weight excluding hydrogens is 486 g/mol. The summed E-state index contributed by atoms with van der Waals surface area (Å²) in [7, 11) is 0.811. The van der Waals surface area contributed by atoms with Gasteiger partial charge in [0, 0.05) is 60.3 Å². The summed E-state index contributed by atoms with van der Waals surface area (Å²) < 4.78 is 23.9. The van der Waals surface area contributed by atoms with E-state index in [9.17, 15) is 8.42 Å². The van der Waals surface area contributed by atoms with Crippen molar-refractivity contribution in [3.8, 4) is 11.1 Å². The van der Waals surface area contributed by atoms with Crippen molar-refractivity contribution >= 4 is 49.4 Å². The number of nitrogens with zero attached hydrogens (tertiary/aromatic N) is 3. The summed E-state index contributed by atoms with van der Waals surface area (Å²) in [6.07, 6.45) is 6.92. The summed E-state index contributed by atoms with van der Waals surface area (Å²) in [5, 5.41) is 3.90. The number of aromatic nitrogens is 2. The van der Waals surface area contributed by atoms with Gasteiger partial charge in [-0.2, -0.15) is 0 Å². The zero-order valence-corrected chi connectivity index (χ0v) is 21.8. The van der Waals surface area contributed by atoms with Crippen molar-refractivity contribution in [2.45, 2.75) is 4.90 Å². The molecule has 0 aliphatic carbocycles. The Balaban J connectivity index is 1.63. The molecule has 0 spiro atoms. The van der Waals surface area contributed by atoms with E-state index in [-0.39, 0.29) is 0 Å². The van der Waals surface area contributed by atoms with E-state index in [4.69, 9.17) is 0 Å². The third kappa shape index (κ3) is 4.94. The summed E-state index contributed by atoms with van der Waals surface area (Å²) >= 11 is 1.55. The van der Waals surface area contributed by atoms with Gasteiger partial charge in [0.05, 0.1) is 10.4 Å². The van der Waals surface area contributed by atoms with E-state index in [0.29, 0.717) is 4.90 Å². The molecule has 0 aliphatic rings. The second-order valence-electron chi connectivity index (χ2n) is 8.78. The van der Waals surface area contributed by atoms with E-state index in [2.05, 4.69) is 57.3 Å². The maximum atomic E-state index is 11.9. The van der Waals surface area contributed by atoms with Gasteiger partial charge in [-0.1, -0.05) is 36.4 Å². The van der Waals surface area contributed by atoms with Gasteiger partial charge >= 0.3 is 0 Å². The molecule has 0 unspecified atom stereocenters. The Morgan fingerprint density at radius 2 is 1.72 bits per heavy atom. The van der Waals surface area contributed by atoms with Gasteiger partial charge in [-0.25, -0.2) is 13.4 Å². The Bertz CT molecular complexity index is 1670. The first-order valence-corrected chi connectivity index (χ1v) is 14.2. The van der Waals surface area contributed by atoms with Gasteiger partial charge in [0.15, 0.2) is 9.84 Å².